The number of rotatable bonds is 5. The summed E-state index contributed by atoms with van der Waals surface area (Å²) in [5, 5.41) is 0. The molecule has 0 fully saturated rings. The highest BCUT2D eigenvalue weighted by Gasteiger charge is 2.49. The van der Waals surface area contributed by atoms with Gasteiger partial charge in [-0.2, -0.15) is 0 Å². The molecule has 0 saturated carbocycles. The van der Waals surface area contributed by atoms with Crippen molar-refractivity contribution in [3.8, 4) is 33.4 Å². The van der Waals surface area contributed by atoms with Gasteiger partial charge in [-0.15, -0.1) is 0 Å². The van der Waals surface area contributed by atoms with E-state index in [1.807, 2.05) is 0 Å². The third-order valence-electron chi connectivity index (χ3n) is 16.8. The lowest BCUT2D eigenvalue weighted by molar-refractivity contribution is 0.403. The van der Waals surface area contributed by atoms with Crippen molar-refractivity contribution in [2.45, 2.75) is 150 Å². The Bertz CT molecular complexity index is 3440. The average Bonchev–Trinajstić information content (AvgIpc) is 3.58. The maximum Gasteiger partial charge on any atom is 0.252 e. The van der Waals surface area contributed by atoms with E-state index in [0.717, 1.165) is 6.42 Å². The predicted octanol–water partition coefficient (Wildman–Crippen LogP) is 17.9. The second-order valence-electron chi connectivity index (χ2n) is 27.5. The van der Waals surface area contributed by atoms with Gasteiger partial charge in [-0.3, -0.25) is 0 Å². The monoisotopic (exact) mass is 969 g/mol. The van der Waals surface area contributed by atoms with Crippen LogP contribution in [0.1, 0.15) is 151 Å². The number of anilines is 6. The molecule has 0 unspecified atom stereocenters. The smallest absolute Gasteiger partial charge is 0.252 e. The minimum atomic E-state index is -0.150. The molecule has 2 aliphatic heterocycles. The van der Waals surface area contributed by atoms with E-state index in [1.165, 1.54) is 117 Å². The van der Waals surface area contributed by atoms with Crippen LogP contribution in [-0.2, 0) is 32.5 Å². The summed E-state index contributed by atoms with van der Waals surface area (Å²) in [6.07, 6.45) is 1.10. The Labute approximate surface area is 445 Å². The summed E-state index contributed by atoms with van der Waals surface area (Å²) >= 11 is 0. The lowest BCUT2D eigenvalue weighted by Crippen LogP contribution is -2.62. The summed E-state index contributed by atoms with van der Waals surface area (Å²) in [6.45, 7) is 38.1. The van der Waals surface area contributed by atoms with Crippen LogP contribution < -0.4 is 26.2 Å². The maximum absolute atomic E-state index is 2.72. The van der Waals surface area contributed by atoms with Crippen LogP contribution in [0.4, 0.5) is 34.1 Å². The van der Waals surface area contributed by atoms with Crippen molar-refractivity contribution >= 4 is 57.2 Å². The van der Waals surface area contributed by atoms with E-state index in [4.69, 9.17) is 0 Å². The minimum absolute atomic E-state index is 0.00382. The summed E-state index contributed by atoms with van der Waals surface area (Å²) < 4.78 is 0. The molecule has 1 aliphatic carbocycles. The molecule has 2 heterocycles. The summed E-state index contributed by atoms with van der Waals surface area (Å²) in [5.41, 5.74) is 26.9. The van der Waals surface area contributed by atoms with E-state index < -0.39 is 0 Å². The number of nitrogens with zero attached hydrogens (tertiary/aromatic N) is 2. The van der Waals surface area contributed by atoms with Gasteiger partial charge >= 0.3 is 0 Å². The van der Waals surface area contributed by atoms with Crippen LogP contribution in [0.15, 0.2) is 164 Å². The Kier molecular flexibility index (Phi) is 11.4. The normalized spacial score (nSPS) is 15.6. The maximum atomic E-state index is 2.72. The zero-order chi connectivity index (χ0) is 52.7. The molecule has 74 heavy (non-hydrogen) atoms. The van der Waals surface area contributed by atoms with E-state index >= 15 is 0 Å². The minimum Gasteiger partial charge on any atom is -0.311 e. The third-order valence-corrected chi connectivity index (χ3v) is 16.8. The molecule has 374 valence electrons. The first-order chi connectivity index (χ1) is 34.7. The second kappa shape index (κ2) is 17.0. The molecule has 3 aliphatic rings. The van der Waals surface area contributed by atoms with Crippen molar-refractivity contribution in [3.63, 3.8) is 0 Å². The zero-order valence-electron chi connectivity index (χ0n) is 47.3. The highest BCUT2D eigenvalue weighted by atomic mass is 15.2. The molecule has 0 atom stereocenters. The van der Waals surface area contributed by atoms with E-state index in [2.05, 4.69) is 284 Å². The Morgan fingerprint density at radius 1 is 0.351 bits per heavy atom. The SMILES string of the molecule is CC(C)(C)c1ccc(N2c3ccc(C(C)(C)C)cc3B3c4cc5c(cc4N(c4ccc(C(C)(C)C)cc4-c4cc(-c6ccccc6)cc(-c6ccccc6)c4)c4cc(C(C)(C)C)cc2c43)C(C)(C)CC5(C)C)cc1. The summed E-state index contributed by atoms with van der Waals surface area (Å²) in [7, 11) is 0. The molecule has 11 rings (SSSR count). The fraction of sp³-hybridized carbons (Fsp3) is 0.324. The van der Waals surface area contributed by atoms with Crippen LogP contribution in [0.2, 0.25) is 0 Å². The average molecular weight is 969 g/mol. The molecule has 0 amide bonds. The van der Waals surface area contributed by atoms with Crippen molar-refractivity contribution in [3.05, 3.63) is 197 Å². The quantitative estimate of drug-likeness (QED) is 0.159. The van der Waals surface area contributed by atoms with Crippen molar-refractivity contribution < 1.29 is 0 Å². The molecular weight excluding hydrogens is 892 g/mol. The number of hydrogen-bond acceptors (Lipinski definition) is 2. The van der Waals surface area contributed by atoms with E-state index in [9.17, 15) is 0 Å². The van der Waals surface area contributed by atoms with Gasteiger partial charge in [0, 0.05) is 34.0 Å². The molecule has 0 bridgehead atoms. The predicted molar refractivity (Wildman–Crippen MR) is 322 cm³/mol. The number of hydrogen-bond donors (Lipinski definition) is 0. The molecule has 0 aromatic heterocycles. The molecule has 0 N–H and O–H groups in total. The van der Waals surface area contributed by atoms with Gasteiger partial charge in [-0.1, -0.05) is 208 Å². The lowest BCUT2D eigenvalue weighted by Gasteiger charge is -2.46. The van der Waals surface area contributed by atoms with Crippen LogP contribution in [0.5, 0.6) is 0 Å². The van der Waals surface area contributed by atoms with Crippen LogP contribution in [0, 0.1) is 0 Å². The Balaban J connectivity index is 1.29. The Hall–Kier alpha value is -6.58. The first-order valence-electron chi connectivity index (χ1n) is 27.3. The molecule has 8 aromatic carbocycles. The van der Waals surface area contributed by atoms with Gasteiger partial charge in [0.1, 0.15) is 0 Å². The van der Waals surface area contributed by atoms with Crippen molar-refractivity contribution in [2.24, 2.45) is 0 Å². The van der Waals surface area contributed by atoms with Crippen LogP contribution in [0.25, 0.3) is 33.4 Å². The van der Waals surface area contributed by atoms with Gasteiger partial charge in [-0.05, 0) is 183 Å². The first-order valence-corrected chi connectivity index (χ1v) is 27.3. The molecule has 0 spiro atoms. The lowest BCUT2D eigenvalue weighted by atomic mass is 9.33. The largest absolute Gasteiger partial charge is 0.311 e. The highest BCUT2D eigenvalue weighted by Crippen LogP contribution is 2.54. The fourth-order valence-electron chi connectivity index (χ4n) is 12.8. The van der Waals surface area contributed by atoms with E-state index in [-0.39, 0.29) is 39.2 Å². The molecular formula is C71H77BN2. The molecule has 8 aromatic rings. The fourth-order valence-corrected chi connectivity index (χ4v) is 12.8. The van der Waals surface area contributed by atoms with Gasteiger partial charge in [0.05, 0.1) is 5.69 Å². The van der Waals surface area contributed by atoms with Crippen LogP contribution >= 0.6 is 0 Å². The van der Waals surface area contributed by atoms with Gasteiger partial charge in [0.2, 0.25) is 0 Å². The molecule has 0 radical (unpaired) electrons. The van der Waals surface area contributed by atoms with Crippen molar-refractivity contribution in [1.29, 1.82) is 0 Å². The Morgan fingerprint density at radius 2 is 0.797 bits per heavy atom. The zero-order valence-corrected chi connectivity index (χ0v) is 47.3. The van der Waals surface area contributed by atoms with Gasteiger partial charge in [-0.25, -0.2) is 0 Å². The van der Waals surface area contributed by atoms with Crippen LogP contribution in [0.3, 0.4) is 0 Å². The summed E-state index contributed by atoms with van der Waals surface area (Å²) in [4.78, 5) is 5.34. The standard InChI is InChI=1S/C71H77BN2/c1-66(2,3)50-27-31-54(32-28-50)73-61-34-30-52(68(7,8)9)39-58(61)72-59-42-56-57(71(15,16)44-70(56,13)14)43-62(59)74(64-41-53(69(10,11)12)40-63(73)65(64)72)60-33-29-51(67(4,5)6)38-55(60)49-36-47(45-23-19-17-20-24-45)35-48(37-49)46-25-21-18-22-26-46/h17-43H,44H2,1-16H3. The van der Waals surface area contributed by atoms with Gasteiger partial charge < -0.3 is 9.80 Å². The summed E-state index contributed by atoms with van der Waals surface area (Å²) in [6, 6.07) is 63.9. The van der Waals surface area contributed by atoms with Crippen LogP contribution in [-0.4, -0.2) is 6.71 Å². The van der Waals surface area contributed by atoms with Crippen molar-refractivity contribution in [2.75, 3.05) is 9.80 Å². The molecule has 3 heteroatoms. The molecule has 2 nitrogen and oxygen atoms in total. The second-order valence-corrected chi connectivity index (χ2v) is 27.5. The van der Waals surface area contributed by atoms with E-state index in [1.54, 1.807) is 0 Å². The Morgan fingerprint density at radius 3 is 1.32 bits per heavy atom. The topological polar surface area (TPSA) is 6.48 Å². The van der Waals surface area contributed by atoms with E-state index in [0.29, 0.717) is 0 Å². The van der Waals surface area contributed by atoms with Gasteiger partial charge in [0.15, 0.2) is 0 Å². The number of benzene rings is 8. The third kappa shape index (κ3) is 8.44. The number of fused-ring (bicyclic) bond motifs is 5. The first kappa shape index (κ1) is 49.6. The highest BCUT2D eigenvalue weighted by molar-refractivity contribution is 7.00. The van der Waals surface area contributed by atoms with Crippen molar-refractivity contribution in [1.82, 2.24) is 0 Å². The van der Waals surface area contributed by atoms with Gasteiger partial charge in [0.25, 0.3) is 6.71 Å². The summed E-state index contributed by atoms with van der Waals surface area (Å²) in [5.74, 6) is 0. The molecule has 0 saturated heterocycles.